The van der Waals surface area contributed by atoms with Gasteiger partial charge in [0, 0.05) is 38.6 Å². The number of fused-ring (bicyclic) bond motifs is 2. The van der Waals surface area contributed by atoms with Crippen LogP contribution in [-0.2, 0) is 9.53 Å². The molecule has 1 N–H and O–H groups in total. The van der Waals surface area contributed by atoms with Gasteiger partial charge in [-0.15, -0.1) is 0 Å². The minimum absolute atomic E-state index is 0.0693. The molecule has 1 aliphatic carbocycles. The van der Waals surface area contributed by atoms with Gasteiger partial charge in [-0.05, 0) is 50.2 Å². The molecule has 2 atom stereocenters. The van der Waals surface area contributed by atoms with Crippen molar-refractivity contribution in [3.8, 4) is 0 Å². The Kier molecular flexibility index (Phi) is 4.11. The molecule has 1 aromatic carbocycles. The topological polar surface area (TPSA) is 67.6 Å². The van der Waals surface area contributed by atoms with Crippen LogP contribution in [0.4, 0.5) is 6.01 Å². The Morgan fingerprint density at radius 1 is 1.33 bits per heavy atom. The van der Waals surface area contributed by atoms with E-state index in [0.29, 0.717) is 30.2 Å². The van der Waals surface area contributed by atoms with E-state index >= 15 is 0 Å². The van der Waals surface area contributed by atoms with E-state index in [0.717, 1.165) is 68.6 Å². The van der Waals surface area contributed by atoms with Crippen molar-refractivity contribution in [3.05, 3.63) is 23.8 Å². The number of benzene rings is 1. The van der Waals surface area contributed by atoms with Gasteiger partial charge in [0.25, 0.3) is 6.01 Å². The third-order valence-corrected chi connectivity index (χ3v) is 6.76. The van der Waals surface area contributed by atoms with E-state index in [9.17, 15) is 4.79 Å². The van der Waals surface area contributed by atoms with Gasteiger partial charge < -0.3 is 19.4 Å². The van der Waals surface area contributed by atoms with Crippen molar-refractivity contribution < 1.29 is 13.9 Å². The van der Waals surface area contributed by atoms with Gasteiger partial charge in [0.1, 0.15) is 5.52 Å². The second-order valence-electron chi connectivity index (χ2n) is 8.49. The van der Waals surface area contributed by atoms with Crippen LogP contribution in [0.5, 0.6) is 0 Å². The van der Waals surface area contributed by atoms with Crippen LogP contribution in [0.15, 0.2) is 22.6 Å². The monoisotopic (exact) mass is 369 g/mol. The van der Waals surface area contributed by atoms with Crippen molar-refractivity contribution in [2.75, 3.05) is 31.6 Å². The number of anilines is 1. The zero-order valence-electron chi connectivity index (χ0n) is 15.9. The number of nitrogens with one attached hydrogen (secondary N) is 1. The normalized spacial score (nSPS) is 28.2. The molecule has 0 spiro atoms. The molecule has 1 saturated carbocycles. The number of para-hydroxylation sites is 1. The Morgan fingerprint density at radius 2 is 2.19 bits per heavy atom. The Hall–Kier alpha value is -2.08. The first kappa shape index (κ1) is 17.0. The van der Waals surface area contributed by atoms with Gasteiger partial charge in [0.15, 0.2) is 5.58 Å². The predicted octanol–water partition coefficient (Wildman–Crippen LogP) is 3.36. The highest BCUT2D eigenvalue weighted by Crippen LogP contribution is 2.47. The van der Waals surface area contributed by atoms with Crippen LogP contribution >= 0.6 is 0 Å². The summed E-state index contributed by atoms with van der Waals surface area (Å²) in [5.74, 6) is 1.27. The fourth-order valence-corrected chi connectivity index (χ4v) is 4.92. The first-order valence-electron chi connectivity index (χ1n) is 10.1. The summed E-state index contributed by atoms with van der Waals surface area (Å²) in [5, 5.41) is 3.57. The highest BCUT2D eigenvalue weighted by molar-refractivity contribution is 5.78. The summed E-state index contributed by atoms with van der Waals surface area (Å²) in [6.07, 6.45) is 4.90. The van der Waals surface area contributed by atoms with Crippen LogP contribution in [0.1, 0.15) is 37.7 Å². The molecule has 1 amide bonds. The van der Waals surface area contributed by atoms with Crippen molar-refractivity contribution in [2.45, 2.75) is 44.6 Å². The fraction of sp³-hybridized carbons (Fsp3) is 0.619. The molecule has 2 aliphatic heterocycles. The van der Waals surface area contributed by atoms with Crippen molar-refractivity contribution in [3.63, 3.8) is 0 Å². The average molecular weight is 369 g/mol. The number of oxazole rings is 1. The quantitative estimate of drug-likeness (QED) is 0.895. The lowest BCUT2D eigenvalue weighted by Gasteiger charge is -2.43. The zero-order valence-corrected chi connectivity index (χ0v) is 15.9. The average Bonchev–Trinajstić information content (AvgIpc) is 3.17. The lowest BCUT2D eigenvalue weighted by Crippen LogP contribution is -2.53. The molecule has 5 rings (SSSR count). The Labute approximate surface area is 159 Å². The lowest BCUT2D eigenvalue weighted by atomic mass is 9.69. The van der Waals surface area contributed by atoms with Crippen molar-refractivity contribution in [1.29, 1.82) is 0 Å². The molecule has 3 heterocycles. The molecule has 3 aliphatic rings. The highest BCUT2D eigenvalue weighted by atomic mass is 16.5. The van der Waals surface area contributed by atoms with Gasteiger partial charge in [0.2, 0.25) is 5.91 Å². The number of aromatic nitrogens is 1. The van der Waals surface area contributed by atoms with E-state index in [-0.39, 0.29) is 5.54 Å². The molecule has 2 aromatic rings. The van der Waals surface area contributed by atoms with Crippen LogP contribution in [0.25, 0.3) is 11.1 Å². The van der Waals surface area contributed by atoms with E-state index in [1.54, 1.807) is 0 Å². The van der Waals surface area contributed by atoms with Gasteiger partial charge in [0.05, 0.1) is 5.54 Å². The molecule has 3 fully saturated rings. The number of aryl methyl sites for hydroxylation is 1. The molecule has 2 saturated heterocycles. The highest BCUT2D eigenvalue weighted by Gasteiger charge is 2.54. The van der Waals surface area contributed by atoms with Gasteiger partial charge in [-0.1, -0.05) is 12.1 Å². The van der Waals surface area contributed by atoms with Crippen LogP contribution in [-0.4, -0.2) is 47.6 Å². The molecule has 6 heteroatoms. The number of hydrogen-bond acceptors (Lipinski definition) is 5. The zero-order chi connectivity index (χ0) is 18.4. The summed E-state index contributed by atoms with van der Waals surface area (Å²) in [7, 11) is 0. The van der Waals surface area contributed by atoms with E-state index in [2.05, 4.69) is 15.2 Å². The van der Waals surface area contributed by atoms with Crippen LogP contribution in [0.2, 0.25) is 0 Å². The predicted molar refractivity (Wildman–Crippen MR) is 103 cm³/mol. The molecule has 2 unspecified atom stereocenters. The molecular formula is C21H27N3O3. The van der Waals surface area contributed by atoms with Crippen LogP contribution in [0, 0.1) is 18.8 Å². The Bertz CT molecular complexity index is 857. The largest absolute Gasteiger partial charge is 0.423 e. The molecular weight excluding hydrogens is 342 g/mol. The maximum absolute atomic E-state index is 12.8. The van der Waals surface area contributed by atoms with E-state index in [1.165, 1.54) is 0 Å². The standard InChI is InChI=1S/C21H27N3O3/c1-14-3-2-4-17-19(14)27-20(22-17)23-21-8-5-16(21)12-24(13-21)18(25)11-15-6-9-26-10-7-15/h2-4,15-16H,5-13H2,1H3,(H,22,23). The van der Waals surface area contributed by atoms with Crippen LogP contribution < -0.4 is 5.32 Å². The molecule has 1 aromatic heterocycles. The smallest absolute Gasteiger partial charge is 0.296 e. The second kappa shape index (κ2) is 6.51. The number of rotatable bonds is 4. The summed E-state index contributed by atoms with van der Waals surface area (Å²) < 4.78 is 11.4. The van der Waals surface area contributed by atoms with Crippen molar-refractivity contribution >= 4 is 23.0 Å². The summed E-state index contributed by atoms with van der Waals surface area (Å²) in [6, 6.07) is 6.60. The number of amides is 1. The number of nitrogens with zero attached hydrogens (tertiary/aromatic N) is 2. The summed E-state index contributed by atoms with van der Waals surface area (Å²) in [6.45, 7) is 5.24. The van der Waals surface area contributed by atoms with Crippen LogP contribution in [0.3, 0.4) is 0 Å². The van der Waals surface area contributed by atoms with Gasteiger partial charge in [-0.2, -0.15) is 4.98 Å². The van der Waals surface area contributed by atoms with Crippen molar-refractivity contribution in [2.24, 2.45) is 11.8 Å². The molecule has 6 nitrogen and oxygen atoms in total. The molecule has 0 bridgehead atoms. The number of likely N-dealkylation sites (tertiary alicyclic amines) is 1. The number of ether oxygens (including phenoxy) is 1. The lowest BCUT2D eigenvalue weighted by molar-refractivity contribution is -0.132. The maximum atomic E-state index is 12.8. The minimum atomic E-state index is -0.0693. The number of carbonyl (C=O) groups excluding carboxylic acids is 1. The van der Waals surface area contributed by atoms with E-state index < -0.39 is 0 Å². The first-order valence-corrected chi connectivity index (χ1v) is 10.1. The molecule has 0 radical (unpaired) electrons. The Balaban J connectivity index is 1.28. The van der Waals surface area contributed by atoms with Gasteiger partial charge in [-0.3, -0.25) is 4.79 Å². The fourth-order valence-electron chi connectivity index (χ4n) is 4.92. The summed E-state index contributed by atoms with van der Waals surface area (Å²) in [5.41, 5.74) is 2.75. The van der Waals surface area contributed by atoms with E-state index in [1.807, 2.05) is 25.1 Å². The Morgan fingerprint density at radius 3 is 2.93 bits per heavy atom. The maximum Gasteiger partial charge on any atom is 0.296 e. The van der Waals surface area contributed by atoms with Gasteiger partial charge in [-0.25, -0.2) is 0 Å². The number of carbonyl (C=O) groups is 1. The first-order chi connectivity index (χ1) is 13.1. The SMILES string of the molecule is Cc1cccc2nc(NC34CCC3CN(C(=O)CC3CCOCC3)C4)oc12. The summed E-state index contributed by atoms with van der Waals surface area (Å²) in [4.78, 5) is 19.5. The van der Waals surface area contributed by atoms with Gasteiger partial charge >= 0.3 is 0 Å². The second-order valence-corrected chi connectivity index (χ2v) is 8.49. The summed E-state index contributed by atoms with van der Waals surface area (Å²) >= 11 is 0. The molecule has 27 heavy (non-hydrogen) atoms. The molecule has 144 valence electrons. The van der Waals surface area contributed by atoms with E-state index in [4.69, 9.17) is 9.15 Å². The van der Waals surface area contributed by atoms with Crippen molar-refractivity contribution in [1.82, 2.24) is 9.88 Å². The third kappa shape index (κ3) is 3.00. The minimum Gasteiger partial charge on any atom is -0.423 e. The third-order valence-electron chi connectivity index (χ3n) is 6.76. The number of hydrogen-bond donors (Lipinski definition) is 1.